The summed E-state index contributed by atoms with van der Waals surface area (Å²) in [6.07, 6.45) is -1.33. The zero-order chi connectivity index (χ0) is 45.0. The van der Waals surface area contributed by atoms with Crippen molar-refractivity contribution in [3.05, 3.63) is 130 Å². The number of carbonyl (C=O) groups excluding carboxylic acids is 4. The van der Waals surface area contributed by atoms with Gasteiger partial charge in [-0.1, -0.05) is 74.5 Å². The molecule has 4 rings (SSSR count). The number of nitrogens with one attached hydrogen (secondary N) is 4. The van der Waals surface area contributed by atoms with Crippen LogP contribution in [-0.4, -0.2) is 97.4 Å². The Morgan fingerprint density at radius 2 is 1.25 bits per heavy atom. The molecule has 324 valence electrons. The van der Waals surface area contributed by atoms with Gasteiger partial charge in [0.2, 0.25) is 21.8 Å². The quantitative estimate of drug-likeness (QED) is 0.0670. The number of hydrogen-bond acceptors (Lipinski definition) is 10. The smallest absolute Gasteiger partial charge is 0.335 e. The maximum absolute atomic E-state index is 14.0. The lowest BCUT2D eigenvalue weighted by atomic mass is 10.0. The molecule has 0 radical (unpaired) electrons. The molecule has 0 saturated carbocycles. The molecule has 4 atom stereocenters. The summed E-state index contributed by atoms with van der Waals surface area (Å²) in [4.78, 5) is 77.5. The van der Waals surface area contributed by atoms with Crippen LogP contribution in [0.3, 0.4) is 0 Å². The van der Waals surface area contributed by atoms with E-state index in [0.29, 0.717) is 0 Å². The maximum Gasteiger partial charge on any atom is 0.335 e. The van der Waals surface area contributed by atoms with Gasteiger partial charge in [-0.15, -0.1) is 0 Å². The van der Waals surface area contributed by atoms with Crippen LogP contribution >= 0.6 is 0 Å². The molecular formula is C43H49N5O12S. The number of aliphatic hydroxyl groups excluding tert-OH is 1. The van der Waals surface area contributed by atoms with Crippen LogP contribution in [0.1, 0.15) is 85.8 Å². The van der Waals surface area contributed by atoms with Crippen molar-refractivity contribution in [2.75, 3.05) is 29.5 Å². The van der Waals surface area contributed by atoms with Crippen LogP contribution in [0.15, 0.2) is 97.1 Å². The number of hydrogen-bond donors (Lipinski definition) is 7. The van der Waals surface area contributed by atoms with E-state index < -0.39 is 93.3 Å². The van der Waals surface area contributed by atoms with Crippen LogP contribution in [0.4, 0.5) is 11.4 Å². The van der Waals surface area contributed by atoms with Crippen LogP contribution in [0.2, 0.25) is 0 Å². The minimum Gasteiger partial charge on any atom is -0.478 e. The molecule has 18 heteroatoms. The summed E-state index contributed by atoms with van der Waals surface area (Å²) in [7, 11) is -2.60. The molecule has 0 spiro atoms. The number of rotatable bonds is 20. The number of carboxylic acid groups (broad SMARTS) is 2. The van der Waals surface area contributed by atoms with Gasteiger partial charge < -0.3 is 41.3 Å². The lowest BCUT2D eigenvalue weighted by Gasteiger charge is -2.26. The molecule has 0 aliphatic rings. The van der Waals surface area contributed by atoms with Gasteiger partial charge >= 0.3 is 11.9 Å². The first-order chi connectivity index (χ1) is 28.7. The summed E-state index contributed by atoms with van der Waals surface area (Å²) >= 11 is 0. The molecule has 7 N–H and O–H groups in total. The molecule has 61 heavy (non-hydrogen) atoms. The summed E-state index contributed by atoms with van der Waals surface area (Å²) in [5.41, 5.74) is 0.459. The minimum atomic E-state index is -3.86. The molecule has 0 aromatic heterocycles. The van der Waals surface area contributed by atoms with E-state index in [0.717, 1.165) is 39.9 Å². The average molecular weight is 860 g/mol. The van der Waals surface area contributed by atoms with Gasteiger partial charge in [-0.05, 0) is 60.4 Å². The maximum atomic E-state index is 14.0. The van der Waals surface area contributed by atoms with Crippen LogP contribution in [0, 0.1) is 5.92 Å². The molecule has 0 aliphatic carbocycles. The number of anilines is 2. The fourth-order valence-electron chi connectivity index (χ4n) is 6.00. The zero-order valence-electron chi connectivity index (χ0n) is 34.1. The summed E-state index contributed by atoms with van der Waals surface area (Å²) in [6, 6.07) is 22.0. The number of aliphatic hydroxyl groups is 1. The van der Waals surface area contributed by atoms with Crippen molar-refractivity contribution in [2.45, 2.75) is 58.0 Å². The highest BCUT2D eigenvalue weighted by atomic mass is 32.2. The first-order valence-electron chi connectivity index (χ1n) is 19.0. The number of carbonyl (C=O) groups is 6. The van der Waals surface area contributed by atoms with Crippen LogP contribution in [0.5, 0.6) is 0 Å². The molecule has 0 saturated heterocycles. The van der Waals surface area contributed by atoms with Gasteiger partial charge in [0.15, 0.2) is 0 Å². The Morgan fingerprint density at radius 3 is 1.77 bits per heavy atom. The van der Waals surface area contributed by atoms with Gasteiger partial charge in [0.25, 0.3) is 11.8 Å². The Hall–Kier alpha value is -6.63. The predicted octanol–water partition coefficient (Wildman–Crippen LogP) is 3.82. The minimum absolute atomic E-state index is 0.00339. The Bertz CT molecular complexity index is 2310. The molecule has 0 bridgehead atoms. The SMILES string of the molecule is CC(C)[C@H](NC(=O)C[C@H](O)[C@H](COCc1ccccc1)NC(=O)c1cc(C(=O)N[C@H](C)c2ccccc2)cc(N(C)S(C)(=O)=O)c1)C(=O)Nc1cc(C(=O)O)cc(C(=O)O)c1. The first kappa shape index (κ1) is 47.1. The number of amides is 4. The first-order valence-corrected chi connectivity index (χ1v) is 20.9. The number of ether oxygens (including phenoxy) is 1. The highest BCUT2D eigenvalue weighted by molar-refractivity contribution is 7.92. The van der Waals surface area contributed by atoms with E-state index in [1.165, 1.54) is 25.2 Å². The van der Waals surface area contributed by atoms with E-state index in [9.17, 15) is 52.5 Å². The fraction of sp³-hybridized carbons (Fsp3) is 0.302. The lowest BCUT2D eigenvalue weighted by molar-refractivity contribution is -0.129. The van der Waals surface area contributed by atoms with Crippen molar-refractivity contribution in [3.8, 4) is 0 Å². The van der Waals surface area contributed by atoms with Gasteiger partial charge in [-0.25, -0.2) is 18.0 Å². The zero-order valence-corrected chi connectivity index (χ0v) is 34.9. The third-order valence-electron chi connectivity index (χ3n) is 9.49. The van der Waals surface area contributed by atoms with Crippen LogP contribution in [0.25, 0.3) is 0 Å². The Balaban J connectivity index is 1.58. The molecule has 0 fully saturated rings. The second-order valence-corrected chi connectivity index (χ2v) is 16.7. The number of sulfonamides is 1. The van der Waals surface area contributed by atoms with Gasteiger partial charge in [0, 0.05) is 23.9 Å². The molecular weight excluding hydrogens is 811 g/mol. The van der Waals surface area contributed by atoms with Gasteiger partial charge in [-0.2, -0.15) is 0 Å². The summed E-state index contributed by atoms with van der Waals surface area (Å²) in [5, 5.41) is 40.8. The highest BCUT2D eigenvalue weighted by Crippen LogP contribution is 2.23. The molecule has 4 amide bonds. The van der Waals surface area contributed by atoms with Crippen molar-refractivity contribution in [3.63, 3.8) is 0 Å². The monoisotopic (exact) mass is 859 g/mol. The van der Waals surface area contributed by atoms with E-state index in [4.69, 9.17) is 4.74 Å². The van der Waals surface area contributed by atoms with Crippen LogP contribution < -0.4 is 25.6 Å². The molecule has 17 nitrogen and oxygen atoms in total. The molecule has 0 unspecified atom stereocenters. The lowest BCUT2D eigenvalue weighted by Crippen LogP contribution is -2.51. The van der Waals surface area contributed by atoms with E-state index in [-0.39, 0.29) is 35.7 Å². The standard InChI is InChI=1S/C43H49N5O12S/c1-25(2)38(41(53)45-33-18-31(42(54)55)17-32(19-33)43(56)57)47-37(50)22-36(49)35(24-60-23-27-12-8-6-9-13-27)46-40(52)30-16-29(20-34(21-30)48(4)61(5,58)59)39(51)44-26(3)28-14-10-7-11-15-28/h6-21,25-26,35-36,38,49H,22-24H2,1-5H3,(H,44,51)(H,45,53)(H,46,52)(H,47,50)(H,54,55)(H,56,57)/t26-,35+,36+,38+/m1/s1. The van der Waals surface area contributed by atoms with Crippen molar-refractivity contribution in [1.29, 1.82) is 0 Å². The van der Waals surface area contributed by atoms with Crippen molar-refractivity contribution >= 4 is 57.0 Å². The van der Waals surface area contributed by atoms with Crippen molar-refractivity contribution in [2.24, 2.45) is 5.92 Å². The van der Waals surface area contributed by atoms with E-state index >= 15 is 0 Å². The summed E-state index contributed by atoms with van der Waals surface area (Å²) in [5.74, 6) is -6.47. The van der Waals surface area contributed by atoms with Gasteiger partial charge in [0.1, 0.15) is 6.04 Å². The van der Waals surface area contributed by atoms with Crippen LogP contribution in [-0.2, 0) is 31.0 Å². The summed E-state index contributed by atoms with van der Waals surface area (Å²) in [6.45, 7) is 4.73. The number of aromatic carboxylic acids is 2. The molecule has 4 aromatic rings. The Labute approximate surface area is 353 Å². The number of benzene rings is 4. The van der Waals surface area contributed by atoms with Crippen molar-refractivity contribution in [1.82, 2.24) is 16.0 Å². The topological polar surface area (TPSA) is 258 Å². The fourth-order valence-corrected chi connectivity index (χ4v) is 6.48. The molecule has 4 aromatic carbocycles. The van der Waals surface area contributed by atoms with Crippen molar-refractivity contribution < 1.29 is 57.2 Å². The Morgan fingerprint density at radius 1 is 0.721 bits per heavy atom. The second kappa shape index (κ2) is 21.1. The van der Waals surface area contributed by atoms with Gasteiger partial charge in [-0.3, -0.25) is 23.5 Å². The second-order valence-electron chi connectivity index (χ2n) is 14.6. The normalized spacial score (nSPS) is 13.2. The van der Waals surface area contributed by atoms with E-state index in [1.807, 2.05) is 36.4 Å². The van der Waals surface area contributed by atoms with E-state index in [2.05, 4.69) is 21.3 Å². The number of carboxylic acids is 2. The third-order valence-corrected chi connectivity index (χ3v) is 10.7. The van der Waals surface area contributed by atoms with E-state index in [1.54, 1.807) is 45.0 Å². The predicted molar refractivity (Wildman–Crippen MR) is 226 cm³/mol. The highest BCUT2D eigenvalue weighted by Gasteiger charge is 2.30. The number of nitrogens with zero attached hydrogens (tertiary/aromatic N) is 1. The molecule has 0 heterocycles. The third kappa shape index (κ3) is 13.7. The largest absolute Gasteiger partial charge is 0.478 e. The Kier molecular flexibility index (Phi) is 16.2. The summed E-state index contributed by atoms with van der Waals surface area (Å²) < 4.78 is 31.9. The molecule has 0 aliphatic heterocycles. The average Bonchev–Trinajstić information content (AvgIpc) is 3.21. The van der Waals surface area contributed by atoms with Gasteiger partial charge in [0.05, 0.1) is 60.9 Å².